The van der Waals surface area contributed by atoms with E-state index in [9.17, 15) is 24.6 Å². The molecule has 0 bridgehead atoms. The van der Waals surface area contributed by atoms with Crippen molar-refractivity contribution in [3.63, 3.8) is 0 Å². The second kappa shape index (κ2) is 18.9. The second-order valence-corrected chi connectivity index (χ2v) is 18.6. The SMILES string of the molecule is C[C@@H](COc1ccnc2c1[C@H](C)CCC2)CC1Cc2ccc(OCCCC(=O)N[C@H](CC3CCCCC3)C(=O)O)cc2C12CCC(Nc1cccc(Cl)c1)(C(=O)O)CC2. The molecule has 318 valence electrons. The largest absolute Gasteiger partial charge is 0.494 e. The van der Waals surface area contributed by atoms with Gasteiger partial charge in [-0.2, -0.15) is 0 Å². The fourth-order valence-corrected chi connectivity index (χ4v) is 11.0. The molecule has 3 aromatic rings. The number of amides is 1. The molecule has 4 aliphatic rings. The number of carbonyl (C=O) groups is 3. The van der Waals surface area contributed by atoms with E-state index in [0.717, 1.165) is 75.0 Å². The maximum absolute atomic E-state index is 13.1. The lowest BCUT2D eigenvalue weighted by Gasteiger charge is -2.47. The highest BCUT2D eigenvalue weighted by Gasteiger charge is 2.54. The quantitative estimate of drug-likeness (QED) is 0.0977. The number of benzene rings is 2. The Labute approximate surface area is 354 Å². The van der Waals surface area contributed by atoms with Gasteiger partial charge < -0.3 is 30.3 Å². The normalized spacial score (nSPS) is 25.0. The monoisotopic (exact) mass is 827 g/mol. The summed E-state index contributed by atoms with van der Waals surface area (Å²) in [5.74, 6) is 0.902. The van der Waals surface area contributed by atoms with E-state index in [0.29, 0.717) is 74.3 Å². The lowest BCUT2D eigenvalue weighted by Crippen LogP contribution is -2.53. The number of carboxylic acid groups (broad SMARTS) is 2. The number of nitrogens with one attached hydrogen (secondary N) is 2. The molecule has 1 heterocycles. The molecule has 10 nitrogen and oxygen atoms in total. The first-order valence-corrected chi connectivity index (χ1v) is 22.5. The Morgan fingerprint density at radius 2 is 1.75 bits per heavy atom. The van der Waals surface area contributed by atoms with Crippen LogP contribution in [0.15, 0.2) is 54.7 Å². The van der Waals surface area contributed by atoms with E-state index in [1.165, 1.54) is 23.1 Å². The smallest absolute Gasteiger partial charge is 0.329 e. The molecule has 2 aromatic carbocycles. The van der Waals surface area contributed by atoms with E-state index in [-0.39, 0.29) is 29.6 Å². The number of aromatic nitrogens is 1. The standard InChI is InChI=1S/C48H62ClN3O7/c1-31(30-59-42-18-23-50-40-14-6-9-32(2)44(40)42)25-35-27-34-16-17-38(58-24-8-15-43(53)51-41(45(54)55)26-33-10-4-3-5-11-33)29-39(34)47(35)19-21-48(22-20-47,46(56)57)52-37-13-7-12-36(49)28-37/h7,12-13,16-18,23,28-29,31-33,35,41,52H,3-6,8-11,14-15,19-22,24-27,30H2,1-2H3,(H,51,53)(H,54,55)(H,56,57)/t31-,32-,35?,41-,47?,48?/m1/s1. The minimum atomic E-state index is -1.13. The number of carboxylic acids is 2. The van der Waals surface area contributed by atoms with Crippen molar-refractivity contribution >= 4 is 35.1 Å². The Hall–Kier alpha value is -4.31. The van der Waals surface area contributed by atoms with Crippen LogP contribution in [0.3, 0.4) is 0 Å². The minimum absolute atomic E-state index is 0.184. The molecular formula is C48H62ClN3O7. The molecule has 4 N–H and O–H groups in total. The molecule has 1 amide bonds. The first-order valence-electron chi connectivity index (χ1n) is 22.1. The van der Waals surface area contributed by atoms with Gasteiger partial charge in [0.05, 0.1) is 13.2 Å². The molecular weight excluding hydrogens is 766 g/mol. The Balaban J connectivity index is 1.03. The third-order valence-electron chi connectivity index (χ3n) is 14.0. The number of nitrogens with zero attached hydrogens (tertiary/aromatic N) is 1. The summed E-state index contributed by atoms with van der Waals surface area (Å²) in [4.78, 5) is 42.5. The molecule has 0 radical (unpaired) electrons. The molecule has 4 atom stereocenters. The predicted octanol–water partition coefficient (Wildman–Crippen LogP) is 9.90. The van der Waals surface area contributed by atoms with Crippen LogP contribution in [0.25, 0.3) is 0 Å². The van der Waals surface area contributed by atoms with Gasteiger partial charge in [0.1, 0.15) is 23.1 Å². The zero-order chi connectivity index (χ0) is 41.6. The van der Waals surface area contributed by atoms with Gasteiger partial charge in [0, 0.05) is 34.6 Å². The Morgan fingerprint density at radius 3 is 2.49 bits per heavy atom. The highest BCUT2D eigenvalue weighted by Crippen LogP contribution is 2.57. The summed E-state index contributed by atoms with van der Waals surface area (Å²) in [6.45, 7) is 5.44. The van der Waals surface area contributed by atoms with Gasteiger partial charge in [-0.05, 0) is 147 Å². The molecule has 2 saturated carbocycles. The van der Waals surface area contributed by atoms with Crippen LogP contribution >= 0.6 is 11.6 Å². The number of fused-ring (bicyclic) bond motifs is 3. The molecule has 1 aromatic heterocycles. The number of carbonyl (C=O) groups excluding carboxylic acids is 1. The van der Waals surface area contributed by atoms with Gasteiger partial charge in [-0.15, -0.1) is 0 Å². The van der Waals surface area contributed by atoms with Crippen molar-refractivity contribution in [2.24, 2.45) is 17.8 Å². The molecule has 0 saturated heterocycles. The maximum Gasteiger partial charge on any atom is 0.329 e. The van der Waals surface area contributed by atoms with Gasteiger partial charge in [-0.25, -0.2) is 9.59 Å². The summed E-state index contributed by atoms with van der Waals surface area (Å²) in [6, 6.07) is 14.7. The van der Waals surface area contributed by atoms with Gasteiger partial charge in [-0.3, -0.25) is 9.78 Å². The van der Waals surface area contributed by atoms with Crippen LogP contribution in [-0.2, 0) is 32.6 Å². The number of halogens is 1. The number of hydrogen-bond donors (Lipinski definition) is 4. The molecule has 11 heteroatoms. The summed E-state index contributed by atoms with van der Waals surface area (Å²) in [7, 11) is 0. The van der Waals surface area contributed by atoms with Gasteiger partial charge in [0.15, 0.2) is 0 Å². The lowest BCUT2D eigenvalue weighted by atomic mass is 9.59. The number of hydrogen-bond acceptors (Lipinski definition) is 7. The van der Waals surface area contributed by atoms with Crippen molar-refractivity contribution in [3.05, 3.63) is 82.1 Å². The fraction of sp³-hybridized carbons (Fsp3) is 0.583. The van der Waals surface area contributed by atoms with E-state index < -0.39 is 23.5 Å². The third-order valence-corrected chi connectivity index (χ3v) is 14.2. The van der Waals surface area contributed by atoms with Crippen molar-refractivity contribution in [2.75, 3.05) is 18.5 Å². The van der Waals surface area contributed by atoms with E-state index in [2.05, 4.69) is 41.6 Å². The molecule has 2 fully saturated rings. The van der Waals surface area contributed by atoms with Crippen LogP contribution in [0.5, 0.6) is 11.5 Å². The summed E-state index contributed by atoms with van der Waals surface area (Å²) >= 11 is 6.30. The topological polar surface area (TPSA) is 147 Å². The average molecular weight is 828 g/mol. The first kappa shape index (κ1) is 42.8. The van der Waals surface area contributed by atoms with Crippen molar-refractivity contribution in [1.82, 2.24) is 10.3 Å². The zero-order valence-electron chi connectivity index (χ0n) is 34.8. The minimum Gasteiger partial charge on any atom is -0.494 e. The lowest BCUT2D eigenvalue weighted by molar-refractivity contribution is -0.144. The van der Waals surface area contributed by atoms with Crippen LogP contribution in [0.4, 0.5) is 5.69 Å². The summed E-state index contributed by atoms with van der Waals surface area (Å²) < 4.78 is 12.9. The van der Waals surface area contributed by atoms with Gasteiger partial charge in [0.25, 0.3) is 0 Å². The van der Waals surface area contributed by atoms with E-state index in [1.54, 1.807) is 12.1 Å². The number of anilines is 1. The van der Waals surface area contributed by atoms with Crippen LogP contribution in [0.1, 0.15) is 138 Å². The fourth-order valence-electron chi connectivity index (χ4n) is 10.8. The zero-order valence-corrected chi connectivity index (χ0v) is 35.5. The van der Waals surface area contributed by atoms with E-state index in [4.69, 9.17) is 21.1 Å². The first-order chi connectivity index (χ1) is 28.4. The highest BCUT2D eigenvalue weighted by molar-refractivity contribution is 6.30. The predicted molar refractivity (Wildman–Crippen MR) is 230 cm³/mol. The summed E-state index contributed by atoms with van der Waals surface area (Å²) in [6.07, 6.45) is 15.9. The highest BCUT2D eigenvalue weighted by atomic mass is 35.5. The number of pyridine rings is 1. The molecule has 7 rings (SSSR count). The van der Waals surface area contributed by atoms with E-state index >= 15 is 0 Å². The number of ether oxygens (including phenoxy) is 2. The van der Waals surface area contributed by atoms with Crippen molar-refractivity contribution in [2.45, 2.75) is 146 Å². The van der Waals surface area contributed by atoms with Crippen LogP contribution < -0.4 is 20.1 Å². The molecule has 1 unspecified atom stereocenters. The van der Waals surface area contributed by atoms with Gasteiger partial charge in [-0.1, -0.05) is 69.7 Å². The van der Waals surface area contributed by atoms with Crippen LogP contribution in [0.2, 0.25) is 5.02 Å². The molecule has 1 spiro atoms. The van der Waals surface area contributed by atoms with Crippen molar-refractivity contribution in [3.8, 4) is 11.5 Å². The number of aryl methyl sites for hydroxylation is 1. The molecule has 59 heavy (non-hydrogen) atoms. The van der Waals surface area contributed by atoms with Crippen molar-refractivity contribution < 1.29 is 34.1 Å². The molecule has 0 aliphatic heterocycles. The van der Waals surface area contributed by atoms with E-state index in [1.807, 2.05) is 30.5 Å². The van der Waals surface area contributed by atoms with Crippen molar-refractivity contribution in [1.29, 1.82) is 0 Å². The Bertz CT molecular complexity index is 1960. The summed E-state index contributed by atoms with van der Waals surface area (Å²) in [5, 5.41) is 27.2. The number of rotatable bonds is 17. The Morgan fingerprint density at radius 1 is 0.949 bits per heavy atom. The average Bonchev–Trinajstić information content (AvgIpc) is 3.50. The second-order valence-electron chi connectivity index (χ2n) is 18.2. The molecule has 4 aliphatic carbocycles. The van der Waals surface area contributed by atoms with Crippen LogP contribution in [0, 0.1) is 17.8 Å². The maximum atomic E-state index is 13.1. The van der Waals surface area contributed by atoms with Gasteiger partial charge in [0.2, 0.25) is 5.91 Å². The Kier molecular flexibility index (Phi) is 13.7. The summed E-state index contributed by atoms with van der Waals surface area (Å²) in [5.41, 5.74) is 4.25. The van der Waals surface area contributed by atoms with Gasteiger partial charge >= 0.3 is 11.9 Å². The van der Waals surface area contributed by atoms with Crippen LogP contribution in [-0.4, -0.2) is 57.8 Å². The third kappa shape index (κ3) is 10.0. The number of aliphatic carboxylic acids is 2.